The van der Waals surface area contributed by atoms with E-state index in [1.807, 2.05) is 60.7 Å². The molecule has 7 heteroatoms. The standard InChI is InChI=1S/C26H25F2N3O2/c1-30(17-21-12-13-22(27)14-23(21)28)18-31-24(32)26(29-25(31)33,15-19-8-4-2-5-9-19)16-20-10-6-3-7-11-20/h2-14H,15-18H2,1H3,(H,29,33). The fraction of sp³-hybridized carbons (Fsp3) is 0.231. The third-order valence-corrected chi connectivity index (χ3v) is 5.78. The average molecular weight is 450 g/mol. The van der Waals surface area contributed by atoms with Crippen LogP contribution < -0.4 is 5.32 Å². The summed E-state index contributed by atoms with van der Waals surface area (Å²) in [6.45, 7) is 0.0976. The first kappa shape index (κ1) is 22.6. The Morgan fingerprint density at radius 3 is 2.00 bits per heavy atom. The second-order valence-corrected chi connectivity index (χ2v) is 8.46. The number of hydrogen-bond donors (Lipinski definition) is 1. The second kappa shape index (κ2) is 9.50. The molecule has 1 saturated heterocycles. The highest BCUT2D eigenvalue weighted by molar-refractivity contribution is 6.07. The molecule has 3 aromatic rings. The van der Waals surface area contributed by atoms with Gasteiger partial charge in [-0.05, 0) is 24.2 Å². The smallest absolute Gasteiger partial charge is 0.322 e. The Balaban J connectivity index is 1.56. The van der Waals surface area contributed by atoms with Gasteiger partial charge in [-0.25, -0.2) is 18.5 Å². The number of rotatable bonds is 8. The van der Waals surface area contributed by atoms with E-state index in [4.69, 9.17) is 0 Å². The minimum absolute atomic E-state index is 0.0210. The molecule has 33 heavy (non-hydrogen) atoms. The monoisotopic (exact) mass is 449 g/mol. The molecule has 0 aliphatic carbocycles. The highest BCUT2D eigenvalue weighted by atomic mass is 19.1. The van der Waals surface area contributed by atoms with E-state index in [1.165, 1.54) is 12.1 Å². The van der Waals surface area contributed by atoms with Crippen molar-refractivity contribution in [2.45, 2.75) is 24.9 Å². The van der Waals surface area contributed by atoms with Gasteiger partial charge in [0.05, 0.1) is 6.67 Å². The van der Waals surface area contributed by atoms with Gasteiger partial charge in [-0.1, -0.05) is 66.7 Å². The topological polar surface area (TPSA) is 52.6 Å². The fourth-order valence-electron chi connectivity index (χ4n) is 4.23. The largest absolute Gasteiger partial charge is 0.326 e. The van der Waals surface area contributed by atoms with Crippen LogP contribution in [0.1, 0.15) is 16.7 Å². The lowest BCUT2D eigenvalue weighted by Gasteiger charge is -2.28. The zero-order valence-corrected chi connectivity index (χ0v) is 18.3. The molecular formula is C26H25F2N3O2. The molecular weight excluding hydrogens is 424 g/mol. The number of hydrogen-bond acceptors (Lipinski definition) is 3. The van der Waals surface area contributed by atoms with Crippen LogP contribution in [-0.4, -0.2) is 41.0 Å². The number of urea groups is 1. The van der Waals surface area contributed by atoms with Crippen LogP contribution in [0.15, 0.2) is 78.9 Å². The Morgan fingerprint density at radius 1 is 0.879 bits per heavy atom. The van der Waals surface area contributed by atoms with Crippen molar-refractivity contribution in [1.82, 2.24) is 15.1 Å². The lowest BCUT2D eigenvalue weighted by molar-refractivity contribution is -0.132. The third-order valence-electron chi connectivity index (χ3n) is 5.78. The molecule has 0 bridgehead atoms. The summed E-state index contributed by atoms with van der Waals surface area (Å²) < 4.78 is 27.3. The molecule has 1 N–H and O–H groups in total. The van der Waals surface area contributed by atoms with Gasteiger partial charge in [0.2, 0.25) is 0 Å². The third kappa shape index (κ3) is 5.09. The van der Waals surface area contributed by atoms with Crippen LogP contribution in [0.25, 0.3) is 0 Å². The molecule has 0 unspecified atom stereocenters. The molecule has 0 saturated carbocycles. The number of amides is 3. The molecule has 3 amide bonds. The average Bonchev–Trinajstić information content (AvgIpc) is 3.01. The van der Waals surface area contributed by atoms with E-state index >= 15 is 0 Å². The summed E-state index contributed by atoms with van der Waals surface area (Å²) in [7, 11) is 1.68. The Hall–Kier alpha value is -3.58. The number of benzene rings is 3. The van der Waals surface area contributed by atoms with Crippen molar-refractivity contribution < 1.29 is 18.4 Å². The summed E-state index contributed by atoms with van der Waals surface area (Å²) in [5, 5.41) is 2.94. The van der Waals surface area contributed by atoms with Crippen LogP contribution in [0.5, 0.6) is 0 Å². The maximum absolute atomic E-state index is 14.1. The minimum atomic E-state index is -1.12. The van der Waals surface area contributed by atoms with Crippen LogP contribution in [0, 0.1) is 11.6 Å². The zero-order chi connectivity index (χ0) is 23.4. The molecule has 1 fully saturated rings. The van der Waals surface area contributed by atoms with Crippen LogP contribution in [0.4, 0.5) is 13.6 Å². The van der Waals surface area contributed by atoms with Gasteiger partial charge in [-0.3, -0.25) is 9.69 Å². The molecule has 5 nitrogen and oxygen atoms in total. The van der Waals surface area contributed by atoms with Gasteiger partial charge in [0, 0.05) is 31.0 Å². The van der Waals surface area contributed by atoms with Crippen LogP contribution >= 0.6 is 0 Å². The highest BCUT2D eigenvalue weighted by Crippen LogP contribution is 2.27. The Kier molecular flexibility index (Phi) is 6.51. The van der Waals surface area contributed by atoms with Crippen LogP contribution in [0.2, 0.25) is 0 Å². The van der Waals surface area contributed by atoms with Crippen molar-refractivity contribution in [1.29, 1.82) is 0 Å². The molecule has 1 heterocycles. The quantitative estimate of drug-likeness (QED) is 0.526. The Morgan fingerprint density at radius 2 is 1.45 bits per heavy atom. The summed E-state index contributed by atoms with van der Waals surface area (Å²) >= 11 is 0. The number of carbonyl (C=O) groups excluding carboxylic acids is 2. The van der Waals surface area contributed by atoms with Gasteiger partial charge in [0.15, 0.2) is 0 Å². The van der Waals surface area contributed by atoms with E-state index in [0.29, 0.717) is 12.8 Å². The maximum atomic E-state index is 14.1. The summed E-state index contributed by atoms with van der Waals surface area (Å²) in [5.41, 5.74) is 1.03. The fourth-order valence-corrected chi connectivity index (χ4v) is 4.23. The van der Waals surface area contributed by atoms with Gasteiger partial charge < -0.3 is 5.32 Å². The molecule has 3 aromatic carbocycles. The normalized spacial score (nSPS) is 15.2. The minimum Gasteiger partial charge on any atom is -0.322 e. The van der Waals surface area contributed by atoms with Crippen molar-refractivity contribution in [2.75, 3.05) is 13.7 Å². The molecule has 1 aliphatic heterocycles. The number of nitrogens with zero attached hydrogens (tertiary/aromatic N) is 2. The molecule has 0 atom stereocenters. The predicted molar refractivity (Wildman–Crippen MR) is 121 cm³/mol. The summed E-state index contributed by atoms with van der Waals surface area (Å²) in [4.78, 5) is 29.4. The lowest BCUT2D eigenvalue weighted by atomic mass is 9.84. The van der Waals surface area contributed by atoms with Gasteiger partial charge in [-0.15, -0.1) is 0 Å². The van der Waals surface area contributed by atoms with Crippen LogP contribution in [-0.2, 0) is 24.2 Å². The SMILES string of the molecule is CN(Cc1ccc(F)cc1F)CN1C(=O)NC(Cc2ccccc2)(Cc2ccccc2)C1=O. The number of halogens is 2. The summed E-state index contributed by atoms with van der Waals surface area (Å²) in [5.74, 6) is -1.65. The molecule has 1 aliphatic rings. The van der Waals surface area contributed by atoms with E-state index in [0.717, 1.165) is 22.1 Å². The Bertz CT molecular complexity index is 1100. The first-order valence-corrected chi connectivity index (χ1v) is 10.7. The summed E-state index contributed by atoms with van der Waals surface area (Å²) in [6, 6.07) is 22.0. The van der Waals surface area contributed by atoms with E-state index < -0.39 is 23.2 Å². The zero-order valence-electron chi connectivity index (χ0n) is 18.3. The van der Waals surface area contributed by atoms with Crippen molar-refractivity contribution in [2.24, 2.45) is 0 Å². The van der Waals surface area contributed by atoms with E-state index in [9.17, 15) is 18.4 Å². The second-order valence-electron chi connectivity index (χ2n) is 8.46. The first-order valence-electron chi connectivity index (χ1n) is 10.7. The molecule has 4 rings (SSSR count). The molecule has 0 radical (unpaired) electrons. The lowest BCUT2D eigenvalue weighted by Crippen LogP contribution is -2.51. The first-order chi connectivity index (χ1) is 15.9. The molecule has 0 spiro atoms. The number of carbonyl (C=O) groups is 2. The van der Waals surface area contributed by atoms with Crippen molar-refractivity contribution in [3.63, 3.8) is 0 Å². The van der Waals surface area contributed by atoms with Gasteiger partial charge in [0.25, 0.3) is 5.91 Å². The maximum Gasteiger partial charge on any atom is 0.326 e. The van der Waals surface area contributed by atoms with Crippen molar-refractivity contribution in [3.05, 3.63) is 107 Å². The van der Waals surface area contributed by atoms with Gasteiger partial charge in [-0.2, -0.15) is 0 Å². The molecule has 0 aromatic heterocycles. The predicted octanol–water partition coefficient (Wildman–Crippen LogP) is 4.13. The van der Waals surface area contributed by atoms with E-state index in [-0.39, 0.29) is 24.7 Å². The van der Waals surface area contributed by atoms with Crippen molar-refractivity contribution in [3.8, 4) is 0 Å². The Labute approximate surface area is 191 Å². The summed E-state index contributed by atoms with van der Waals surface area (Å²) in [6.07, 6.45) is 0.695. The van der Waals surface area contributed by atoms with Crippen molar-refractivity contribution >= 4 is 11.9 Å². The molecule has 170 valence electrons. The van der Waals surface area contributed by atoms with Gasteiger partial charge >= 0.3 is 6.03 Å². The van der Waals surface area contributed by atoms with Crippen LogP contribution in [0.3, 0.4) is 0 Å². The van der Waals surface area contributed by atoms with E-state index in [2.05, 4.69) is 5.32 Å². The number of nitrogens with one attached hydrogen (secondary N) is 1. The number of imide groups is 1. The van der Waals surface area contributed by atoms with E-state index in [1.54, 1.807) is 11.9 Å². The van der Waals surface area contributed by atoms with Gasteiger partial charge in [0.1, 0.15) is 17.2 Å². The highest BCUT2D eigenvalue weighted by Gasteiger charge is 2.51.